The summed E-state index contributed by atoms with van der Waals surface area (Å²) in [6.07, 6.45) is 3.46. The number of aromatic amines is 1. The maximum Gasteiger partial charge on any atom is 0.140 e. The molecule has 2 aromatic carbocycles. The predicted octanol–water partition coefficient (Wildman–Crippen LogP) is 6.99. The van der Waals surface area contributed by atoms with Crippen LogP contribution in [0.3, 0.4) is 0 Å². The van der Waals surface area contributed by atoms with Gasteiger partial charge < -0.3 is 4.74 Å². The molecule has 180 valence electrons. The molecule has 10 heteroatoms. The molecule has 0 aliphatic carbocycles. The van der Waals surface area contributed by atoms with E-state index in [4.69, 9.17) is 14.8 Å². The minimum atomic E-state index is -1.22. The Morgan fingerprint density at radius 2 is 1.80 bits per heavy atom. The van der Waals surface area contributed by atoms with E-state index < -0.39 is 19.7 Å². The van der Waals surface area contributed by atoms with Crippen molar-refractivity contribution in [1.82, 2.24) is 25.0 Å². The molecule has 3 aromatic heterocycles. The van der Waals surface area contributed by atoms with E-state index in [0.29, 0.717) is 27.6 Å². The molecule has 6 nitrogen and oxygen atoms in total. The molecule has 0 fully saturated rings. The fourth-order valence-corrected chi connectivity index (χ4v) is 5.16. The minimum Gasteiger partial charge on any atom is -0.359 e. The summed E-state index contributed by atoms with van der Waals surface area (Å²) in [6.45, 7) is 7.79. The zero-order valence-electron chi connectivity index (χ0n) is 19.6. The average molecular weight is 556 g/mol. The SMILES string of the molecule is C[Si](C)(C)CCOCn1nc2c(nc(-c3c(F)cccc3F)c3cc(-c4cn[nH]c4)ccc32)c1Br. The highest BCUT2D eigenvalue weighted by Crippen LogP contribution is 2.38. The molecule has 0 aliphatic rings. The molecule has 1 N–H and O–H groups in total. The second-order valence-electron chi connectivity index (χ2n) is 9.64. The highest BCUT2D eigenvalue weighted by atomic mass is 79.9. The molecule has 0 atom stereocenters. The van der Waals surface area contributed by atoms with Gasteiger partial charge in [0.2, 0.25) is 0 Å². The van der Waals surface area contributed by atoms with Gasteiger partial charge in [0.25, 0.3) is 0 Å². The number of hydrogen-bond donors (Lipinski definition) is 1. The second kappa shape index (κ2) is 9.25. The van der Waals surface area contributed by atoms with Crippen LogP contribution in [0.25, 0.3) is 44.2 Å². The van der Waals surface area contributed by atoms with Gasteiger partial charge in [-0.1, -0.05) is 37.8 Å². The number of fused-ring (bicyclic) bond motifs is 3. The van der Waals surface area contributed by atoms with Crippen molar-refractivity contribution in [3.8, 4) is 22.4 Å². The molecule has 0 aliphatic heterocycles. The first kappa shape index (κ1) is 23.8. The number of ether oxygens (including phenoxy) is 1. The molecule has 0 saturated carbocycles. The van der Waals surface area contributed by atoms with Crippen molar-refractivity contribution < 1.29 is 13.5 Å². The molecule has 35 heavy (non-hydrogen) atoms. The van der Waals surface area contributed by atoms with Crippen LogP contribution in [0, 0.1) is 11.6 Å². The molecular weight excluding hydrogens is 532 g/mol. The molecule has 0 spiro atoms. The number of nitrogens with zero attached hydrogens (tertiary/aromatic N) is 4. The maximum atomic E-state index is 14.9. The van der Waals surface area contributed by atoms with Gasteiger partial charge in [0.1, 0.15) is 34.0 Å². The van der Waals surface area contributed by atoms with Gasteiger partial charge in [0, 0.05) is 37.2 Å². The highest BCUT2D eigenvalue weighted by Gasteiger charge is 2.22. The van der Waals surface area contributed by atoms with Crippen molar-refractivity contribution in [2.45, 2.75) is 32.4 Å². The van der Waals surface area contributed by atoms with Crippen LogP contribution in [0.15, 0.2) is 53.4 Å². The van der Waals surface area contributed by atoms with Gasteiger partial charge in [-0.15, -0.1) is 0 Å². The van der Waals surface area contributed by atoms with E-state index in [1.54, 1.807) is 17.1 Å². The first-order chi connectivity index (χ1) is 16.7. The van der Waals surface area contributed by atoms with Gasteiger partial charge in [0.05, 0.1) is 17.5 Å². The van der Waals surface area contributed by atoms with Gasteiger partial charge in [-0.2, -0.15) is 10.2 Å². The first-order valence-electron chi connectivity index (χ1n) is 11.2. The lowest BCUT2D eigenvalue weighted by molar-refractivity contribution is 0.0775. The van der Waals surface area contributed by atoms with Crippen LogP contribution >= 0.6 is 15.9 Å². The lowest BCUT2D eigenvalue weighted by Crippen LogP contribution is -2.22. The summed E-state index contributed by atoms with van der Waals surface area (Å²) in [6, 6.07) is 10.6. The van der Waals surface area contributed by atoms with Crippen LogP contribution in [0.1, 0.15) is 0 Å². The smallest absolute Gasteiger partial charge is 0.140 e. The molecule has 0 saturated heterocycles. The third kappa shape index (κ3) is 4.65. The monoisotopic (exact) mass is 555 g/mol. The molecule has 0 amide bonds. The van der Waals surface area contributed by atoms with Crippen molar-refractivity contribution in [3.63, 3.8) is 0 Å². The van der Waals surface area contributed by atoms with Crippen LogP contribution in [-0.4, -0.2) is 39.6 Å². The number of hydrogen-bond acceptors (Lipinski definition) is 4. The van der Waals surface area contributed by atoms with Crippen LogP contribution < -0.4 is 0 Å². The van der Waals surface area contributed by atoms with Gasteiger partial charge in [-0.05, 0) is 45.7 Å². The van der Waals surface area contributed by atoms with Crippen molar-refractivity contribution >= 4 is 45.8 Å². The topological polar surface area (TPSA) is 68.6 Å². The third-order valence-corrected chi connectivity index (χ3v) is 8.35. The minimum absolute atomic E-state index is 0.172. The average Bonchev–Trinajstić information content (AvgIpc) is 3.45. The number of rotatable bonds is 7. The fraction of sp³-hybridized carbons (Fsp3) is 0.240. The quantitative estimate of drug-likeness (QED) is 0.173. The third-order valence-electron chi connectivity index (χ3n) is 5.86. The summed E-state index contributed by atoms with van der Waals surface area (Å²) in [4.78, 5) is 4.72. The summed E-state index contributed by atoms with van der Waals surface area (Å²) in [7, 11) is -1.22. The maximum absolute atomic E-state index is 14.9. The molecule has 0 unspecified atom stereocenters. The van der Waals surface area contributed by atoms with E-state index >= 15 is 0 Å². The summed E-state index contributed by atoms with van der Waals surface area (Å²) in [5, 5.41) is 12.9. The Bertz CT molecular complexity index is 1510. The fourth-order valence-electron chi connectivity index (χ4n) is 3.95. The normalized spacial score (nSPS) is 12.2. The number of nitrogens with one attached hydrogen (secondary N) is 1. The Morgan fingerprint density at radius 1 is 1.03 bits per heavy atom. The molecule has 5 aromatic rings. The van der Waals surface area contributed by atoms with Gasteiger partial charge in [-0.3, -0.25) is 5.10 Å². The van der Waals surface area contributed by atoms with E-state index in [0.717, 1.165) is 22.6 Å². The molecular formula is C25H24BrF2N5OSi. The van der Waals surface area contributed by atoms with Crippen LogP contribution in [0.4, 0.5) is 8.78 Å². The standard InChI is InChI=1S/C25H24BrF2N5OSi/c1-35(2,3)10-9-34-14-33-25(26)24-23(32-33)17-8-7-15(16-12-29-30-13-16)11-18(17)22(31-24)21-19(27)5-4-6-20(21)28/h4-8,11-13H,9-10,14H2,1-3H3,(H,29,30). The van der Waals surface area contributed by atoms with Crippen LogP contribution in [-0.2, 0) is 11.5 Å². The van der Waals surface area contributed by atoms with E-state index in [-0.39, 0.29) is 18.0 Å². The lowest BCUT2D eigenvalue weighted by atomic mass is 9.98. The lowest BCUT2D eigenvalue weighted by Gasteiger charge is -2.15. The van der Waals surface area contributed by atoms with Gasteiger partial charge in [-0.25, -0.2) is 18.4 Å². The Kier molecular flexibility index (Phi) is 6.28. The molecule has 0 radical (unpaired) electrons. The van der Waals surface area contributed by atoms with E-state index in [9.17, 15) is 8.78 Å². The van der Waals surface area contributed by atoms with Crippen molar-refractivity contribution in [3.05, 3.63) is 65.0 Å². The summed E-state index contributed by atoms with van der Waals surface area (Å²) in [5.74, 6) is -1.35. The Balaban J connectivity index is 1.68. The van der Waals surface area contributed by atoms with Crippen LogP contribution in [0.2, 0.25) is 25.7 Å². The van der Waals surface area contributed by atoms with Crippen LogP contribution in [0.5, 0.6) is 0 Å². The van der Waals surface area contributed by atoms with E-state index in [1.165, 1.54) is 18.2 Å². The number of aromatic nitrogens is 5. The summed E-state index contributed by atoms with van der Waals surface area (Å²) in [5.41, 5.74) is 2.89. The largest absolute Gasteiger partial charge is 0.359 e. The second-order valence-corrected chi connectivity index (χ2v) is 16.0. The van der Waals surface area contributed by atoms with E-state index in [2.05, 4.69) is 45.8 Å². The Morgan fingerprint density at radius 3 is 2.49 bits per heavy atom. The highest BCUT2D eigenvalue weighted by molar-refractivity contribution is 9.10. The number of H-pyrrole nitrogens is 1. The summed E-state index contributed by atoms with van der Waals surface area (Å²) >= 11 is 3.59. The van der Waals surface area contributed by atoms with Crippen molar-refractivity contribution in [2.24, 2.45) is 0 Å². The van der Waals surface area contributed by atoms with Crippen molar-refractivity contribution in [1.29, 1.82) is 0 Å². The summed E-state index contributed by atoms with van der Waals surface area (Å²) < 4.78 is 38.0. The van der Waals surface area contributed by atoms with Gasteiger partial charge >= 0.3 is 0 Å². The molecule has 0 bridgehead atoms. The Hall–Kier alpha value is -2.95. The Labute approximate surface area is 210 Å². The van der Waals surface area contributed by atoms with Gasteiger partial charge in [0.15, 0.2) is 0 Å². The zero-order chi connectivity index (χ0) is 24.7. The number of halogens is 3. The predicted molar refractivity (Wildman–Crippen MR) is 140 cm³/mol. The number of pyridine rings is 1. The number of benzene rings is 2. The van der Waals surface area contributed by atoms with Crippen molar-refractivity contribution in [2.75, 3.05) is 6.61 Å². The van der Waals surface area contributed by atoms with E-state index in [1.807, 2.05) is 18.2 Å². The zero-order valence-corrected chi connectivity index (χ0v) is 22.2. The first-order valence-corrected chi connectivity index (χ1v) is 15.7. The molecule has 5 rings (SSSR count). The molecule has 3 heterocycles.